The van der Waals surface area contributed by atoms with Crippen molar-refractivity contribution in [2.24, 2.45) is 0 Å². The van der Waals surface area contributed by atoms with Crippen molar-refractivity contribution in [1.82, 2.24) is 0 Å². The van der Waals surface area contributed by atoms with E-state index in [9.17, 15) is 13.9 Å². The SMILES string of the molecule is OC(Cc1cccc(F)c1)c1ccc(F)cc1I. The normalized spacial score (nSPS) is 12.4. The Morgan fingerprint density at radius 2 is 1.78 bits per heavy atom. The van der Waals surface area contributed by atoms with Gasteiger partial charge >= 0.3 is 0 Å². The largest absolute Gasteiger partial charge is 0.388 e. The van der Waals surface area contributed by atoms with Gasteiger partial charge in [-0.05, 0) is 58.0 Å². The highest BCUT2D eigenvalue weighted by Crippen LogP contribution is 2.24. The zero-order valence-corrected chi connectivity index (χ0v) is 11.6. The molecule has 0 aliphatic carbocycles. The number of halogens is 3. The van der Waals surface area contributed by atoms with Crippen LogP contribution in [0, 0.1) is 15.2 Å². The molecule has 1 unspecified atom stereocenters. The standard InChI is InChI=1S/C14H11F2IO/c15-10-3-1-2-9(6-10)7-14(18)12-5-4-11(16)8-13(12)17/h1-6,8,14,18H,7H2. The van der Waals surface area contributed by atoms with Crippen LogP contribution in [0.5, 0.6) is 0 Å². The molecule has 1 nitrogen and oxygen atoms in total. The van der Waals surface area contributed by atoms with Crippen molar-refractivity contribution in [3.05, 3.63) is 68.8 Å². The topological polar surface area (TPSA) is 20.2 Å². The second-order valence-electron chi connectivity index (χ2n) is 4.02. The molecular formula is C14H11F2IO. The van der Waals surface area contributed by atoms with E-state index < -0.39 is 6.10 Å². The maximum Gasteiger partial charge on any atom is 0.124 e. The van der Waals surface area contributed by atoms with Gasteiger partial charge < -0.3 is 5.11 Å². The van der Waals surface area contributed by atoms with Gasteiger partial charge in [-0.15, -0.1) is 0 Å². The minimum atomic E-state index is -0.765. The van der Waals surface area contributed by atoms with Crippen LogP contribution in [-0.4, -0.2) is 5.11 Å². The van der Waals surface area contributed by atoms with Crippen LogP contribution in [0.4, 0.5) is 8.78 Å². The van der Waals surface area contributed by atoms with Crippen molar-refractivity contribution in [2.45, 2.75) is 12.5 Å². The van der Waals surface area contributed by atoms with Gasteiger partial charge in [-0.3, -0.25) is 0 Å². The summed E-state index contributed by atoms with van der Waals surface area (Å²) in [6.07, 6.45) is -0.460. The second-order valence-corrected chi connectivity index (χ2v) is 5.18. The van der Waals surface area contributed by atoms with Crippen LogP contribution in [-0.2, 0) is 6.42 Å². The van der Waals surface area contributed by atoms with E-state index in [4.69, 9.17) is 0 Å². The molecule has 2 aromatic rings. The van der Waals surface area contributed by atoms with E-state index in [-0.39, 0.29) is 11.6 Å². The molecule has 0 saturated heterocycles. The predicted molar refractivity (Wildman–Crippen MR) is 74.2 cm³/mol. The Balaban J connectivity index is 2.19. The Hall–Kier alpha value is -1.01. The van der Waals surface area contributed by atoms with Crippen molar-refractivity contribution in [2.75, 3.05) is 0 Å². The molecule has 1 N–H and O–H groups in total. The van der Waals surface area contributed by atoms with Crippen LogP contribution in [0.1, 0.15) is 17.2 Å². The van der Waals surface area contributed by atoms with Crippen LogP contribution in [0.25, 0.3) is 0 Å². The summed E-state index contributed by atoms with van der Waals surface area (Å²) in [7, 11) is 0. The van der Waals surface area contributed by atoms with Crippen LogP contribution < -0.4 is 0 Å². The van der Waals surface area contributed by atoms with Gasteiger partial charge in [-0.2, -0.15) is 0 Å². The Bertz CT molecular complexity index is 557. The first-order chi connectivity index (χ1) is 8.56. The number of hydrogen-bond donors (Lipinski definition) is 1. The minimum absolute atomic E-state index is 0.305. The van der Waals surface area contributed by atoms with Gasteiger partial charge in [-0.1, -0.05) is 18.2 Å². The third-order valence-electron chi connectivity index (χ3n) is 2.64. The lowest BCUT2D eigenvalue weighted by Crippen LogP contribution is -2.04. The summed E-state index contributed by atoms with van der Waals surface area (Å²) in [4.78, 5) is 0. The number of benzene rings is 2. The highest BCUT2D eigenvalue weighted by molar-refractivity contribution is 14.1. The van der Waals surface area contributed by atoms with E-state index in [0.29, 0.717) is 21.1 Å². The Labute approximate surface area is 118 Å². The van der Waals surface area contributed by atoms with Gasteiger partial charge in [0.25, 0.3) is 0 Å². The third kappa shape index (κ3) is 3.26. The lowest BCUT2D eigenvalue weighted by Gasteiger charge is -2.13. The molecule has 2 aromatic carbocycles. The van der Waals surface area contributed by atoms with Crippen LogP contribution in [0.15, 0.2) is 42.5 Å². The fourth-order valence-corrected chi connectivity index (χ4v) is 2.61. The van der Waals surface area contributed by atoms with Gasteiger partial charge in [0, 0.05) is 9.99 Å². The molecule has 0 aliphatic heterocycles. The Morgan fingerprint density at radius 3 is 2.44 bits per heavy atom. The lowest BCUT2D eigenvalue weighted by atomic mass is 10.0. The Kier molecular flexibility index (Phi) is 4.29. The van der Waals surface area contributed by atoms with Crippen LogP contribution >= 0.6 is 22.6 Å². The summed E-state index contributed by atoms with van der Waals surface area (Å²) in [5, 5.41) is 10.1. The van der Waals surface area contributed by atoms with E-state index in [1.807, 2.05) is 22.6 Å². The zero-order chi connectivity index (χ0) is 13.1. The quantitative estimate of drug-likeness (QED) is 0.825. The van der Waals surface area contributed by atoms with Gasteiger partial charge in [0.05, 0.1) is 6.10 Å². The van der Waals surface area contributed by atoms with E-state index >= 15 is 0 Å². The van der Waals surface area contributed by atoms with E-state index in [2.05, 4.69) is 0 Å². The lowest BCUT2D eigenvalue weighted by molar-refractivity contribution is 0.177. The molecule has 0 saturated carbocycles. The molecule has 0 aliphatic rings. The van der Waals surface area contributed by atoms with Crippen molar-refractivity contribution in [3.63, 3.8) is 0 Å². The maximum absolute atomic E-state index is 13.0. The molecule has 2 rings (SSSR count). The summed E-state index contributed by atoms with van der Waals surface area (Å²) in [6, 6.07) is 10.3. The number of hydrogen-bond acceptors (Lipinski definition) is 1. The van der Waals surface area contributed by atoms with Crippen LogP contribution in [0.3, 0.4) is 0 Å². The van der Waals surface area contributed by atoms with E-state index in [0.717, 1.165) is 0 Å². The van der Waals surface area contributed by atoms with Crippen molar-refractivity contribution in [1.29, 1.82) is 0 Å². The summed E-state index contributed by atoms with van der Waals surface area (Å²) >= 11 is 1.98. The van der Waals surface area contributed by atoms with Gasteiger partial charge in [0.2, 0.25) is 0 Å². The fraction of sp³-hybridized carbons (Fsp3) is 0.143. The zero-order valence-electron chi connectivity index (χ0n) is 9.41. The van der Waals surface area contributed by atoms with E-state index in [1.54, 1.807) is 18.2 Å². The highest BCUT2D eigenvalue weighted by atomic mass is 127. The Morgan fingerprint density at radius 1 is 1.06 bits per heavy atom. The molecule has 0 spiro atoms. The maximum atomic E-state index is 13.0. The van der Waals surface area contributed by atoms with Crippen molar-refractivity contribution < 1.29 is 13.9 Å². The monoisotopic (exact) mass is 360 g/mol. The summed E-state index contributed by atoms with van der Waals surface area (Å²) in [6.45, 7) is 0. The molecule has 0 amide bonds. The van der Waals surface area contributed by atoms with Gasteiger partial charge in [0.15, 0.2) is 0 Å². The average Bonchev–Trinajstić information content (AvgIpc) is 2.28. The summed E-state index contributed by atoms with van der Waals surface area (Å²) < 4.78 is 26.6. The minimum Gasteiger partial charge on any atom is -0.388 e. The second kappa shape index (κ2) is 5.75. The van der Waals surface area contributed by atoms with E-state index in [1.165, 1.54) is 24.3 Å². The third-order valence-corrected chi connectivity index (χ3v) is 3.57. The molecule has 1 atom stereocenters. The molecule has 18 heavy (non-hydrogen) atoms. The molecule has 0 radical (unpaired) electrons. The van der Waals surface area contributed by atoms with Gasteiger partial charge in [-0.25, -0.2) is 8.78 Å². The molecule has 4 heteroatoms. The number of rotatable bonds is 3. The molecule has 0 aromatic heterocycles. The van der Waals surface area contributed by atoms with Gasteiger partial charge in [0.1, 0.15) is 11.6 Å². The summed E-state index contributed by atoms with van der Waals surface area (Å²) in [5.74, 6) is -0.658. The molecule has 94 valence electrons. The number of aliphatic hydroxyl groups excluding tert-OH is 1. The highest BCUT2D eigenvalue weighted by Gasteiger charge is 2.12. The molecule has 0 fully saturated rings. The van der Waals surface area contributed by atoms with Crippen molar-refractivity contribution >= 4 is 22.6 Å². The molecular weight excluding hydrogens is 349 g/mol. The average molecular weight is 360 g/mol. The summed E-state index contributed by atoms with van der Waals surface area (Å²) in [5.41, 5.74) is 1.36. The fourth-order valence-electron chi connectivity index (χ4n) is 1.77. The predicted octanol–water partition coefficient (Wildman–Crippen LogP) is 3.85. The first-order valence-corrected chi connectivity index (χ1v) is 6.51. The smallest absolute Gasteiger partial charge is 0.124 e. The number of aliphatic hydroxyl groups is 1. The van der Waals surface area contributed by atoms with Crippen LogP contribution in [0.2, 0.25) is 0 Å². The molecule has 0 bridgehead atoms. The molecule has 0 heterocycles. The van der Waals surface area contributed by atoms with Crippen molar-refractivity contribution in [3.8, 4) is 0 Å². The first-order valence-electron chi connectivity index (χ1n) is 5.44. The first kappa shape index (κ1) is 13.4.